The number of carbonyl (C=O) groups excluding carboxylic acids is 2. The van der Waals surface area contributed by atoms with Crippen LogP contribution < -0.4 is 5.32 Å². The monoisotopic (exact) mass is 241 g/mol. The quantitative estimate of drug-likeness (QED) is 0.688. The summed E-state index contributed by atoms with van der Waals surface area (Å²) >= 11 is 0. The number of hydrogen-bond donors (Lipinski definition) is 2. The van der Waals surface area contributed by atoms with Crippen LogP contribution >= 0.6 is 0 Å². The average Bonchev–Trinajstić information content (AvgIpc) is 2.28. The van der Waals surface area contributed by atoms with Crippen molar-refractivity contribution < 1.29 is 19.5 Å². The number of hydrazone groups is 1. The van der Waals surface area contributed by atoms with Crippen molar-refractivity contribution in [3.8, 4) is 0 Å². The molecule has 1 aliphatic rings. The Morgan fingerprint density at radius 3 is 2.71 bits per heavy atom. The first-order valence-corrected chi connectivity index (χ1v) is 5.27. The molecule has 1 aliphatic heterocycles. The van der Waals surface area contributed by atoms with Crippen LogP contribution in [0.15, 0.2) is 5.10 Å². The summed E-state index contributed by atoms with van der Waals surface area (Å²) in [4.78, 5) is 33.3. The molecule has 2 N–H and O–H groups in total. The van der Waals surface area contributed by atoms with E-state index >= 15 is 0 Å². The van der Waals surface area contributed by atoms with Gasteiger partial charge in [0.05, 0.1) is 5.92 Å². The van der Waals surface area contributed by atoms with Crippen molar-refractivity contribution in [3.63, 3.8) is 0 Å². The number of nitrogens with zero attached hydrogens (tertiary/aromatic N) is 2. The van der Waals surface area contributed by atoms with Crippen molar-refractivity contribution in [1.29, 1.82) is 0 Å². The predicted molar refractivity (Wildman–Crippen MR) is 59.2 cm³/mol. The van der Waals surface area contributed by atoms with Gasteiger partial charge in [-0.05, 0) is 0 Å². The van der Waals surface area contributed by atoms with Gasteiger partial charge in [0.1, 0.15) is 5.71 Å². The van der Waals surface area contributed by atoms with Crippen molar-refractivity contribution in [3.05, 3.63) is 0 Å². The largest absolute Gasteiger partial charge is 0.481 e. The highest BCUT2D eigenvalue weighted by molar-refractivity contribution is 6.39. The minimum atomic E-state index is -0.969. The number of amides is 2. The fourth-order valence-corrected chi connectivity index (χ4v) is 1.27. The molecule has 0 saturated heterocycles. The van der Waals surface area contributed by atoms with Crippen molar-refractivity contribution >= 4 is 23.5 Å². The summed E-state index contributed by atoms with van der Waals surface area (Å²) in [6.07, 6.45) is 0.535. The fraction of sp³-hybridized carbons (Fsp3) is 0.600. The highest BCUT2D eigenvalue weighted by atomic mass is 16.4. The molecule has 7 heteroatoms. The SMILES string of the molecule is CC(CNC(=O)C1=NN(C)C(=O)CC1)C(=O)O. The van der Waals surface area contributed by atoms with Gasteiger partial charge < -0.3 is 10.4 Å². The second-order valence-corrected chi connectivity index (χ2v) is 3.91. The molecule has 0 aliphatic carbocycles. The third-order valence-corrected chi connectivity index (χ3v) is 2.46. The Bertz CT molecular complexity index is 378. The summed E-state index contributed by atoms with van der Waals surface area (Å²) in [5, 5.41) is 16.1. The summed E-state index contributed by atoms with van der Waals surface area (Å²) in [6, 6.07) is 0. The lowest BCUT2D eigenvalue weighted by Crippen LogP contribution is -2.40. The van der Waals surface area contributed by atoms with E-state index in [-0.39, 0.29) is 31.0 Å². The van der Waals surface area contributed by atoms with Gasteiger partial charge in [-0.25, -0.2) is 5.01 Å². The van der Waals surface area contributed by atoms with Crippen LogP contribution in [0.2, 0.25) is 0 Å². The van der Waals surface area contributed by atoms with Gasteiger partial charge in [0.25, 0.3) is 5.91 Å². The summed E-state index contributed by atoms with van der Waals surface area (Å²) in [5.74, 6) is -2.18. The van der Waals surface area contributed by atoms with Crippen LogP contribution in [0, 0.1) is 5.92 Å². The number of aliphatic carboxylic acids is 1. The molecule has 2 amide bonds. The van der Waals surface area contributed by atoms with Gasteiger partial charge in [-0.1, -0.05) is 6.92 Å². The highest BCUT2D eigenvalue weighted by Gasteiger charge is 2.22. The van der Waals surface area contributed by atoms with E-state index in [1.807, 2.05) is 0 Å². The van der Waals surface area contributed by atoms with E-state index in [0.717, 1.165) is 5.01 Å². The summed E-state index contributed by atoms with van der Waals surface area (Å²) in [5.41, 5.74) is 0.254. The Balaban J connectivity index is 2.51. The molecular weight excluding hydrogens is 226 g/mol. The number of rotatable bonds is 4. The summed E-state index contributed by atoms with van der Waals surface area (Å²) in [7, 11) is 1.48. The molecule has 7 nitrogen and oxygen atoms in total. The first-order chi connectivity index (χ1) is 7.91. The van der Waals surface area contributed by atoms with Gasteiger partial charge >= 0.3 is 5.97 Å². The second-order valence-electron chi connectivity index (χ2n) is 3.91. The molecule has 1 atom stereocenters. The topological polar surface area (TPSA) is 99.1 Å². The Morgan fingerprint density at radius 1 is 1.53 bits per heavy atom. The van der Waals surface area contributed by atoms with Crippen molar-refractivity contribution in [2.75, 3.05) is 13.6 Å². The standard InChI is InChI=1S/C10H15N3O4/c1-6(10(16)17)5-11-9(15)7-3-4-8(14)13(2)12-7/h6H,3-5H2,1-2H3,(H,11,15)(H,16,17). The van der Waals surface area contributed by atoms with E-state index in [0.29, 0.717) is 0 Å². The first kappa shape index (κ1) is 13.1. The molecular formula is C10H15N3O4. The molecule has 1 unspecified atom stereocenters. The van der Waals surface area contributed by atoms with Gasteiger partial charge in [-0.2, -0.15) is 5.10 Å². The average molecular weight is 241 g/mol. The Hall–Kier alpha value is -1.92. The molecule has 0 saturated carbocycles. The number of carboxylic acid groups (broad SMARTS) is 1. The lowest BCUT2D eigenvalue weighted by molar-refractivity contribution is -0.141. The fourth-order valence-electron chi connectivity index (χ4n) is 1.27. The Kier molecular flexibility index (Phi) is 4.19. The summed E-state index contributed by atoms with van der Waals surface area (Å²) < 4.78 is 0. The lowest BCUT2D eigenvalue weighted by atomic mass is 10.1. The van der Waals surface area contributed by atoms with Crippen LogP contribution in [0.3, 0.4) is 0 Å². The van der Waals surface area contributed by atoms with E-state index in [1.54, 1.807) is 0 Å². The van der Waals surface area contributed by atoms with Crippen LogP contribution in [0.25, 0.3) is 0 Å². The van der Waals surface area contributed by atoms with Crippen LogP contribution in [0.5, 0.6) is 0 Å². The zero-order valence-electron chi connectivity index (χ0n) is 9.77. The molecule has 0 spiro atoms. The maximum absolute atomic E-state index is 11.6. The van der Waals surface area contributed by atoms with Gasteiger partial charge in [0, 0.05) is 26.4 Å². The molecule has 1 rings (SSSR count). The maximum Gasteiger partial charge on any atom is 0.308 e. The zero-order valence-corrected chi connectivity index (χ0v) is 9.77. The third kappa shape index (κ3) is 3.54. The maximum atomic E-state index is 11.6. The third-order valence-electron chi connectivity index (χ3n) is 2.46. The molecule has 1 heterocycles. The molecule has 94 valence electrons. The van der Waals surface area contributed by atoms with Gasteiger partial charge in [-0.15, -0.1) is 0 Å². The number of nitrogens with one attached hydrogen (secondary N) is 1. The minimum Gasteiger partial charge on any atom is -0.481 e. The molecule has 17 heavy (non-hydrogen) atoms. The van der Waals surface area contributed by atoms with E-state index in [2.05, 4.69) is 10.4 Å². The smallest absolute Gasteiger partial charge is 0.308 e. The van der Waals surface area contributed by atoms with Gasteiger partial charge in [-0.3, -0.25) is 14.4 Å². The van der Waals surface area contributed by atoms with Crippen molar-refractivity contribution in [2.45, 2.75) is 19.8 Å². The lowest BCUT2D eigenvalue weighted by Gasteiger charge is -2.19. The predicted octanol–water partition coefficient (Wildman–Crippen LogP) is -0.568. The highest BCUT2D eigenvalue weighted by Crippen LogP contribution is 2.07. The van der Waals surface area contributed by atoms with Crippen LogP contribution in [-0.2, 0) is 14.4 Å². The van der Waals surface area contributed by atoms with E-state index in [9.17, 15) is 14.4 Å². The number of hydrogen-bond acceptors (Lipinski definition) is 4. The van der Waals surface area contributed by atoms with Crippen molar-refractivity contribution in [1.82, 2.24) is 10.3 Å². The first-order valence-electron chi connectivity index (χ1n) is 5.27. The molecule has 0 aromatic heterocycles. The second kappa shape index (κ2) is 5.42. The van der Waals surface area contributed by atoms with Crippen LogP contribution in [-0.4, -0.2) is 47.2 Å². The van der Waals surface area contributed by atoms with Crippen LogP contribution in [0.4, 0.5) is 0 Å². The number of carboxylic acids is 1. The number of carbonyl (C=O) groups is 3. The molecule has 0 aromatic carbocycles. The van der Waals surface area contributed by atoms with Gasteiger partial charge in [0.15, 0.2) is 0 Å². The van der Waals surface area contributed by atoms with Gasteiger partial charge in [0.2, 0.25) is 5.91 Å². The van der Waals surface area contributed by atoms with E-state index < -0.39 is 17.8 Å². The van der Waals surface area contributed by atoms with Crippen molar-refractivity contribution in [2.24, 2.45) is 11.0 Å². The van der Waals surface area contributed by atoms with Crippen LogP contribution in [0.1, 0.15) is 19.8 Å². The normalized spacial score (nSPS) is 17.4. The van der Waals surface area contributed by atoms with E-state index in [1.165, 1.54) is 14.0 Å². The molecule has 0 radical (unpaired) electrons. The summed E-state index contributed by atoms with van der Waals surface area (Å²) in [6.45, 7) is 1.55. The molecule has 0 bridgehead atoms. The minimum absolute atomic E-state index is 0.0465. The Morgan fingerprint density at radius 2 is 2.18 bits per heavy atom. The molecule has 0 aromatic rings. The molecule has 0 fully saturated rings. The zero-order chi connectivity index (χ0) is 13.0. The Labute approximate surface area is 98.5 Å². The van der Waals surface area contributed by atoms with E-state index in [4.69, 9.17) is 5.11 Å².